The molecule has 2 heterocycles. The van der Waals surface area contributed by atoms with Crippen molar-refractivity contribution < 1.29 is 14.3 Å². The van der Waals surface area contributed by atoms with Crippen LogP contribution in [0.3, 0.4) is 0 Å². The number of carbonyl (C=O) groups is 1. The second-order valence-electron chi connectivity index (χ2n) is 8.83. The van der Waals surface area contributed by atoms with Crippen LogP contribution in [0.4, 0.5) is 0 Å². The van der Waals surface area contributed by atoms with Gasteiger partial charge in [0.25, 0.3) is 5.56 Å². The summed E-state index contributed by atoms with van der Waals surface area (Å²) in [6.07, 6.45) is 6.38. The van der Waals surface area contributed by atoms with Crippen molar-refractivity contribution in [2.45, 2.75) is 56.9 Å². The average Bonchev–Trinajstić information content (AvgIpc) is 3.61. The van der Waals surface area contributed by atoms with Crippen molar-refractivity contribution >= 4 is 39.2 Å². The predicted molar refractivity (Wildman–Crippen MR) is 136 cm³/mol. The first-order chi connectivity index (χ1) is 16.6. The Morgan fingerprint density at radius 3 is 2.82 bits per heavy atom. The number of hydrogen-bond acceptors (Lipinski definition) is 7. The number of thioether (sulfide) groups is 1. The van der Waals surface area contributed by atoms with Crippen LogP contribution < -0.4 is 15.0 Å². The molecule has 2 aliphatic rings. The molecular weight excluding hydrogens is 470 g/mol. The van der Waals surface area contributed by atoms with Gasteiger partial charge in [0.15, 0.2) is 0 Å². The highest BCUT2D eigenvalue weighted by molar-refractivity contribution is 7.99. The molecule has 180 valence electrons. The Hall–Kier alpha value is -2.52. The van der Waals surface area contributed by atoms with Crippen LogP contribution in [0.25, 0.3) is 10.2 Å². The van der Waals surface area contributed by atoms with E-state index in [0.29, 0.717) is 23.9 Å². The van der Waals surface area contributed by atoms with Gasteiger partial charge in [-0.3, -0.25) is 9.59 Å². The summed E-state index contributed by atoms with van der Waals surface area (Å²) < 4.78 is 10.9. The Balaban J connectivity index is 1.25. The van der Waals surface area contributed by atoms with Crippen molar-refractivity contribution in [1.82, 2.24) is 14.9 Å². The van der Waals surface area contributed by atoms with E-state index >= 15 is 0 Å². The molecule has 3 aromatic rings. The molecule has 0 unspecified atom stereocenters. The van der Waals surface area contributed by atoms with E-state index in [1.54, 1.807) is 25.6 Å². The number of aromatic nitrogens is 2. The van der Waals surface area contributed by atoms with E-state index in [-0.39, 0.29) is 17.5 Å². The van der Waals surface area contributed by atoms with Gasteiger partial charge in [0.1, 0.15) is 22.2 Å². The van der Waals surface area contributed by atoms with Gasteiger partial charge in [-0.15, -0.1) is 23.1 Å². The first-order valence-electron chi connectivity index (χ1n) is 11.7. The first-order valence-corrected chi connectivity index (χ1v) is 13.7. The SMILES string of the molecule is COc1ccc(OC)c(CN(C(=O)CSCc2nc3sc4c(c3c(=O)[nH]2)CCCC4)C2CC2)c1. The molecule has 0 aliphatic heterocycles. The van der Waals surface area contributed by atoms with Crippen molar-refractivity contribution in [3.05, 3.63) is 50.4 Å². The molecule has 0 saturated heterocycles. The Bertz CT molecular complexity index is 1270. The fourth-order valence-corrected chi connectivity index (χ4v) is 6.64. The number of methoxy groups -OCH3 is 2. The standard InChI is InChI=1S/C25H29N3O4S2/c1-31-17-9-10-19(32-2)15(11-17)12-28(16-7-8-16)22(29)14-33-13-21-26-24(30)23-18-5-3-4-6-20(18)34-25(23)27-21/h9-11,16H,3-8,12-14H2,1-2H3,(H,26,27,30). The zero-order valence-corrected chi connectivity index (χ0v) is 21.2. The molecule has 1 N–H and O–H groups in total. The lowest BCUT2D eigenvalue weighted by Crippen LogP contribution is -2.34. The van der Waals surface area contributed by atoms with Gasteiger partial charge in [0.2, 0.25) is 5.91 Å². The quantitative estimate of drug-likeness (QED) is 0.472. The van der Waals surface area contributed by atoms with Crippen molar-refractivity contribution in [2.75, 3.05) is 20.0 Å². The van der Waals surface area contributed by atoms with E-state index in [1.165, 1.54) is 28.6 Å². The van der Waals surface area contributed by atoms with Gasteiger partial charge < -0.3 is 19.4 Å². The molecule has 2 aliphatic carbocycles. The lowest BCUT2D eigenvalue weighted by Gasteiger charge is -2.24. The van der Waals surface area contributed by atoms with Gasteiger partial charge in [-0.1, -0.05) is 0 Å². The smallest absolute Gasteiger partial charge is 0.259 e. The minimum Gasteiger partial charge on any atom is -0.497 e. The number of hydrogen-bond donors (Lipinski definition) is 1. The Morgan fingerprint density at radius 2 is 2.06 bits per heavy atom. The summed E-state index contributed by atoms with van der Waals surface area (Å²) in [5.41, 5.74) is 2.09. The number of fused-ring (bicyclic) bond motifs is 3. The molecule has 7 nitrogen and oxygen atoms in total. The molecule has 0 atom stereocenters. The molecule has 1 aromatic carbocycles. The fraction of sp³-hybridized carbons (Fsp3) is 0.480. The zero-order valence-electron chi connectivity index (χ0n) is 19.5. The molecule has 0 spiro atoms. The molecule has 0 radical (unpaired) electrons. The van der Waals surface area contributed by atoms with E-state index in [9.17, 15) is 9.59 Å². The first kappa shape index (κ1) is 23.2. The Morgan fingerprint density at radius 1 is 1.24 bits per heavy atom. The summed E-state index contributed by atoms with van der Waals surface area (Å²) in [4.78, 5) is 37.7. The van der Waals surface area contributed by atoms with E-state index in [1.807, 2.05) is 23.1 Å². The molecule has 0 bridgehead atoms. The topological polar surface area (TPSA) is 84.5 Å². The summed E-state index contributed by atoms with van der Waals surface area (Å²) in [7, 11) is 3.27. The van der Waals surface area contributed by atoms with Crippen LogP contribution in [0.15, 0.2) is 23.0 Å². The maximum atomic E-state index is 13.1. The maximum Gasteiger partial charge on any atom is 0.259 e. The van der Waals surface area contributed by atoms with Crippen molar-refractivity contribution in [3.8, 4) is 11.5 Å². The predicted octanol–water partition coefficient (Wildman–Crippen LogP) is 4.31. The third kappa shape index (κ3) is 4.81. The highest BCUT2D eigenvalue weighted by Gasteiger charge is 2.33. The number of aromatic amines is 1. The molecule has 1 amide bonds. The number of thiophene rings is 1. The number of carbonyl (C=O) groups excluding carboxylic acids is 1. The highest BCUT2D eigenvalue weighted by Crippen LogP contribution is 2.34. The second-order valence-corrected chi connectivity index (χ2v) is 10.9. The molecule has 1 fully saturated rings. The lowest BCUT2D eigenvalue weighted by molar-refractivity contribution is -0.129. The minimum absolute atomic E-state index is 0.0453. The Kier molecular flexibility index (Phi) is 6.83. The largest absolute Gasteiger partial charge is 0.497 e. The highest BCUT2D eigenvalue weighted by atomic mass is 32.2. The number of ether oxygens (including phenoxy) is 2. The summed E-state index contributed by atoms with van der Waals surface area (Å²) in [6, 6.07) is 5.93. The summed E-state index contributed by atoms with van der Waals surface area (Å²) in [6.45, 7) is 0.492. The van der Waals surface area contributed by atoms with Gasteiger partial charge in [-0.2, -0.15) is 0 Å². The van der Waals surface area contributed by atoms with Crippen LogP contribution in [-0.4, -0.2) is 46.8 Å². The number of H-pyrrole nitrogens is 1. The molecular formula is C25H29N3O4S2. The molecule has 1 saturated carbocycles. The Labute approximate surface area is 206 Å². The van der Waals surface area contributed by atoms with Crippen molar-refractivity contribution in [3.63, 3.8) is 0 Å². The van der Waals surface area contributed by atoms with Gasteiger partial charge in [0.05, 0.1) is 31.1 Å². The lowest BCUT2D eigenvalue weighted by atomic mass is 9.97. The van der Waals surface area contributed by atoms with Gasteiger partial charge in [-0.25, -0.2) is 4.98 Å². The molecule has 34 heavy (non-hydrogen) atoms. The number of nitrogens with zero attached hydrogens (tertiary/aromatic N) is 2. The summed E-state index contributed by atoms with van der Waals surface area (Å²) >= 11 is 3.15. The number of rotatable bonds is 9. The normalized spacial score (nSPS) is 15.2. The maximum absolute atomic E-state index is 13.1. The van der Waals surface area contributed by atoms with Crippen LogP contribution in [0.5, 0.6) is 11.5 Å². The fourth-order valence-electron chi connectivity index (χ4n) is 4.59. The third-order valence-electron chi connectivity index (χ3n) is 6.47. The van der Waals surface area contributed by atoms with Crippen LogP contribution in [0.2, 0.25) is 0 Å². The molecule has 5 rings (SSSR count). The monoisotopic (exact) mass is 499 g/mol. The number of aryl methyl sites for hydroxylation is 2. The van der Waals surface area contributed by atoms with E-state index in [2.05, 4.69) is 4.98 Å². The van der Waals surface area contributed by atoms with Gasteiger partial charge in [-0.05, 0) is 62.3 Å². The van der Waals surface area contributed by atoms with E-state index in [0.717, 1.165) is 59.4 Å². The summed E-state index contributed by atoms with van der Waals surface area (Å²) in [5.74, 6) is 3.06. The van der Waals surface area contributed by atoms with Gasteiger partial charge >= 0.3 is 0 Å². The molecule has 9 heteroatoms. The third-order valence-corrected chi connectivity index (χ3v) is 8.59. The van der Waals surface area contributed by atoms with Crippen LogP contribution in [-0.2, 0) is 29.9 Å². The number of benzene rings is 1. The number of nitrogens with one attached hydrogen (secondary N) is 1. The van der Waals surface area contributed by atoms with Crippen LogP contribution in [0.1, 0.15) is 47.5 Å². The second kappa shape index (κ2) is 10.00. The van der Waals surface area contributed by atoms with Gasteiger partial charge in [0, 0.05) is 23.0 Å². The number of amides is 1. The van der Waals surface area contributed by atoms with Crippen LogP contribution in [0, 0.1) is 0 Å². The minimum atomic E-state index is -0.0453. The average molecular weight is 500 g/mol. The van der Waals surface area contributed by atoms with Crippen molar-refractivity contribution in [1.29, 1.82) is 0 Å². The van der Waals surface area contributed by atoms with E-state index < -0.39 is 0 Å². The molecule has 2 aromatic heterocycles. The van der Waals surface area contributed by atoms with Crippen LogP contribution >= 0.6 is 23.1 Å². The van der Waals surface area contributed by atoms with Crippen molar-refractivity contribution in [2.24, 2.45) is 0 Å². The zero-order chi connectivity index (χ0) is 23.7. The van der Waals surface area contributed by atoms with E-state index in [4.69, 9.17) is 14.5 Å². The summed E-state index contributed by atoms with van der Waals surface area (Å²) in [5, 5.41) is 0.775.